The monoisotopic (exact) mass is 440 g/mol. The highest BCUT2D eigenvalue weighted by molar-refractivity contribution is 6.00. The minimum Gasteiger partial charge on any atom is -0.504 e. The molecule has 1 heterocycles. The second-order valence-electron chi connectivity index (χ2n) is 7.35. The van der Waals surface area contributed by atoms with Crippen LogP contribution in [0.5, 0.6) is 11.5 Å². The van der Waals surface area contributed by atoms with Gasteiger partial charge in [-0.05, 0) is 47.9 Å². The third kappa shape index (κ3) is 4.93. The highest BCUT2D eigenvalue weighted by atomic mass is 16.5. The lowest BCUT2D eigenvalue weighted by atomic mass is 10.0. The molecule has 0 bridgehead atoms. The van der Waals surface area contributed by atoms with E-state index in [0.717, 1.165) is 17.7 Å². The number of phenols is 1. The number of nitrogens with one attached hydrogen (secondary N) is 1. The number of hydrogen-bond donors (Lipinski definition) is 2. The third-order valence-corrected chi connectivity index (χ3v) is 5.20. The Morgan fingerprint density at radius 1 is 1.12 bits per heavy atom. The molecule has 0 atom stereocenters. The molecule has 4 rings (SSSR count). The number of hydrogen-bond acceptors (Lipinski definition) is 5. The summed E-state index contributed by atoms with van der Waals surface area (Å²) in [5.41, 5.74) is 7.12. The van der Waals surface area contributed by atoms with Gasteiger partial charge in [0.25, 0.3) is 5.91 Å². The van der Waals surface area contributed by atoms with Crippen LogP contribution >= 0.6 is 0 Å². The molecule has 2 N–H and O–H groups in total. The Hall–Kier alpha value is -4.39. The van der Waals surface area contributed by atoms with Gasteiger partial charge in [0.2, 0.25) is 0 Å². The topological polar surface area (TPSA) is 88.7 Å². The number of nitrogens with zero attached hydrogens (tertiary/aromatic N) is 3. The lowest BCUT2D eigenvalue weighted by Gasteiger charge is -2.04. The molecule has 0 fully saturated rings. The zero-order chi connectivity index (χ0) is 23.2. The maximum Gasteiger partial charge on any atom is 0.275 e. The van der Waals surface area contributed by atoms with E-state index in [1.165, 1.54) is 25.0 Å². The van der Waals surface area contributed by atoms with Gasteiger partial charge in [-0.25, -0.2) is 10.1 Å². The van der Waals surface area contributed by atoms with Crippen molar-refractivity contribution in [2.75, 3.05) is 7.11 Å². The summed E-state index contributed by atoms with van der Waals surface area (Å²) in [6, 6.07) is 22.4. The molecule has 1 aromatic heterocycles. The largest absolute Gasteiger partial charge is 0.504 e. The summed E-state index contributed by atoms with van der Waals surface area (Å²) in [5, 5.41) is 18.5. The first-order valence-corrected chi connectivity index (χ1v) is 10.5. The highest BCUT2D eigenvalue weighted by Gasteiger charge is 2.18. The number of carbonyl (C=O) groups is 1. The molecule has 4 aromatic rings. The first-order valence-electron chi connectivity index (χ1n) is 10.5. The molecule has 0 spiro atoms. The zero-order valence-corrected chi connectivity index (χ0v) is 18.4. The van der Waals surface area contributed by atoms with Crippen molar-refractivity contribution in [3.63, 3.8) is 0 Å². The maximum absolute atomic E-state index is 13.0. The molecule has 0 unspecified atom stereocenters. The summed E-state index contributed by atoms with van der Waals surface area (Å²) in [7, 11) is 1.47. The summed E-state index contributed by atoms with van der Waals surface area (Å²) < 4.78 is 6.79. The molecule has 0 aliphatic rings. The van der Waals surface area contributed by atoms with E-state index >= 15 is 0 Å². The predicted molar refractivity (Wildman–Crippen MR) is 128 cm³/mol. The van der Waals surface area contributed by atoms with Crippen molar-refractivity contribution in [1.82, 2.24) is 15.2 Å². The molecule has 0 radical (unpaired) electrons. The van der Waals surface area contributed by atoms with Crippen LogP contribution in [-0.4, -0.2) is 34.1 Å². The molecule has 0 aliphatic carbocycles. The Morgan fingerprint density at radius 3 is 2.58 bits per heavy atom. The highest BCUT2D eigenvalue weighted by Crippen LogP contribution is 2.26. The lowest BCUT2D eigenvalue weighted by Crippen LogP contribution is -2.18. The number of para-hydroxylation sites is 1. The number of methoxy groups -OCH3 is 1. The average Bonchev–Trinajstić information content (AvgIpc) is 3.31. The van der Waals surface area contributed by atoms with Gasteiger partial charge in [0.15, 0.2) is 11.5 Å². The van der Waals surface area contributed by atoms with Crippen LogP contribution in [0.4, 0.5) is 0 Å². The number of benzene rings is 3. The molecule has 0 saturated carbocycles. The number of aryl methyl sites for hydroxylation is 1. The van der Waals surface area contributed by atoms with E-state index in [9.17, 15) is 9.90 Å². The number of amides is 1. The zero-order valence-electron chi connectivity index (χ0n) is 18.4. The first-order chi connectivity index (χ1) is 16.1. The van der Waals surface area contributed by atoms with Gasteiger partial charge in [-0.2, -0.15) is 10.2 Å². The number of aromatic nitrogens is 2. The first kappa shape index (κ1) is 21.8. The fourth-order valence-corrected chi connectivity index (χ4v) is 3.36. The molecule has 33 heavy (non-hydrogen) atoms. The van der Waals surface area contributed by atoms with Crippen molar-refractivity contribution >= 4 is 12.1 Å². The van der Waals surface area contributed by atoms with Gasteiger partial charge in [-0.15, -0.1) is 0 Å². The van der Waals surface area contributed by atoms with E-state index in [0.29, 0.717) is 22.6 Å². The van der Waals surface area contributed by atoms with Gasteiger partial charge in [0.1, 0.15) is 5.69 Å². The number of ether oxygens (including phenoxy) is 1. The number of carbonyl (C=O) groups excluding carboxylic acids is 1. The van der Waals surface area contributed by atoms with Crippen molar-refractivity contribution in [1.29, 1.82) is 0 Å². The van der Waals surface area contributed by atoms with Gasteiger partial charge >= 0.3 is 0 Å². The van der Waals surface area contributed by atoms with Crippen LogP contribution < -0.4 is 10.2 Å². The standard InChI is InChI=1S/C26H24N4O3/c1-3-18-9-12-20(13-10-18)25-22(17-30(29-25)21-7-5-4-6-8-21)26(32)28-27-16-19-11-14-23(31)24(15-19)33-2/h4-17,31H,3H2,1-2H3,(H,28,32)/b27-16-. The number of phenolic OH excluding ortho intramolecular Hbond substituents is 1. The van der Waals surface area contributed by atoms with Crippen LogP contribution in [0.3, 0.4) is 0 Å². The molecule has 166 valence electrons. The molecule has 1 amide bonds. The number of aromatic hydroxyl groups is 1. The van der Waals surface area contributed by atoms with Crippen molar-refractivity contribution in [3.8, 4) is 28.4 Å². The van der Waals surface area contributed by atoms with Crippen molar-refractivity contribution < 1.29 is 14.6 Å². The normalized spacial score (nSPS) is 11.0. The second-order valence-corrected chi connectivity index (χ2v) is 7.35. The van der Waals surface area contributed by atoms with Crippen molar-refractivity contribution in [3.05, 3.63) is 95.7 Å². The fourth-order valence-electron chi connectivity index (χ4n) is 3.36. The summed E-state index contributed by atoms with van der Waals surface area (Å²) in [4.78, 5) is 13.0. The number of hydrazone groups is 1. The minimum absolute atomic E-state index is 0.0331. The van der Waals surface area contributed by atoms with E-state index in [4.69, 9.17) is 4.74 Å². The predicted octanol–water partition coefficient (Wildman–Crippen LogP) is 4.58. The van der Waals surface area contributed by atoms with Crippen LogP contribution in [0.1, 0.15) is 28.4 Å². The van der Waals surface area contributed by atoms with Gasteiger partial charge < -0.3 is 9.84 Å². The molecule has 7 nitrogen and oxygen atoms in total. The van der Waals surface area contributed by atoms with Crippen molar-refractivity contribution in [2.24, 2.45) is 5.10 Å². The molecule has 7 heteroatoms. The fraction of sp³-hybridized carbons (Fsp3) is 0.115. The quantitative estimate of drug-likeness (QED) is 0.325. The Balaban J connectivity index is 1.63. The molecular weight excluding hydrogens is 416 g/mol. The molecule has 0 aliphatic heterocycles. The average molecular weight is 441 g/mol. The van der Waals surface area contributed by atoms with Gasteiger partial charge in [0.05, 0.1) is 24.6 Å². The summed E-state index contributed by atoms with van der Waals surface area (Å²) in [6.45, 7) is 2.10. The summed E-state index contributed by atoms with van der Waals surface area (Å²) in [6.07, 6.45) is 4.12. The van der Waals surface area contributed by atoms with Gasteiger partial charge in [-0.1, -0.05) is 49.4 Å². The van der Waals surface area contributed by atoms with Crippen LogP contribution in [-0.2, 0) is 6.42 Å². The van der Waals surface area contributed by atoms with Crippen molar-refractivity contribution in [2.45, 2.75) is 13.3 Å². The lowest BCUT2D eigenvalue weighted by molar-refractivity contribution is 0.0955. The van der Waals surface area contributed by atoms with E-state index in [2.05, 4.69) is 22.5 Å². The minimum atomic E-state index is -0.381. The summed E-state index contributed by atoms with van der Waals surface area (Å²) >= 11 is 0. The van der Waals surface area contributed by atoms with Crippen LogP contribution in [0.15, 0.2) is 84.1 Å². The smallest absolute Gasteiger partial charge is 0.275 e. The number of rotatable bonds is 7. The van der Waals surface area contributed by atoms with Crippen LogP contribution in [0.2, 0.25) is 0 Å². The Bertz CT molecular complexity index is 1280. The Morgan fingerprint density at radius 2 is 1.88 bits per heavy atom. The van der Waals surface area contributed by atoms with Crippen LogP contribution in [0, 0.1) is 0 Å². The Labute approximate surface area is 192 Å². The molecule has 3 aromatic carbocycles. The summed E-state index contributed by atoms with van der Waals surface area (Å²) in [5.74, 6) is -0.0216. The van der Waals surface area contributed by atoms with Crippen LogP contribution in [0.25, 0.3) is 16.9 Å². The Kier molecular flexibility index (Phi) is 6.50. The second kappa shape index (κ2) is 9.82. The van der Waals surface area contributed by atoms with E-state index < -0.39 is 0 Å². The maximum atomic E-state index is 13.0. The van der Waals surface area contributed by atoms with E-state index in [1.54, 1.807) is 23.0 Å². The van der Waals surface area contributed by atoms with Gasteiger partial charge in [0, 0.05) is 11.8 Å². The molecular formula is C26H24N4O3. The molecule has 0 saturated heterocycles. The third-order valence-electron chi connectivity index (χ3n) is 5.20. The SMILES string of the molecule is CCc1ccc(-c2nn(-c3ccccc3)cc2C(=O)N/N=C\c2ccc(O)c(OC)c2)cc1. The van der Waals surface area contributed by atoms with Gasteiger partial charge in [-0.3, -0.25) is 4.79 Å². The van der Waals surface area contributed by atoms with E-state index in [1.807, 2.05) is 54.6 Å². The van der Waals surface area contributed by atoms with E-state index in [-0.39, 0.29) is 11.7 Å².